The highest BCUT2D eigenvalue weighted by Gasteiger charge is 2.28. The predicted molar refractivity (Wildman–Crippen MR) is 85.3 cm³/mol. The van der Waals surface area contributed by atoms with E-state index in [0.29, 0.717) is 12.6 Å². The van der Waals surface area contributed by atoms with E-state index in [9.17, 15) is 4.79 Å². The number of carbonyl (C=O) groups excluding carboxylic acids is 1. The third-order valence-electron chi connectivity index (χ3n) is 4.20. The van der Waals surface area contributed by atoms with Gasteiger partial charge in [-0.3, -0.25) is 9.78 Å². The lowest BCUT2D eigenvalue weighted by Gasteiger charge is -2.35. The highest BCUT2D eigenvalue weighted by Crippen LogP contribution is 2.20. The van der Waals surface area contributed by atoms with Gasteiger partial charge in [0.2, 0.25) is 5.91 Å². The molecule has 1 aromatic heterocycles. The Kier molecular flexibility index (Phi) is 5.17. The van der Waals surface area contributed by atoms with Crippen LogP contribution in [-0.4, -0.2) is 43.6 Å². The molecule has 0 radical (unpaired) electrons. The van der Waals surface area contributed by atoms with Crippen molar-refractivity contribution >= 4 is 11.6 Å². The van der Waals surface area contributed by atoms with Crippen molar-refractivity contribution in [2.45, 2.75) is 32.7 Å². The molecular weight excluding hydrogens is 264 g/mol. The van der Waals surface area contributed by atoms with Crippen LogP contribution in [0.2, 0.25) is 0 Å². The van der Waals surface area contributed by atoms with Crippen LogP contribution in [0.5, 0.6) is 0 Å². The van der Waals surface area contributed by atoms with Crippen molar-refractivity contribution < 1.29 is 4.79 Å². The summed E-state index contributed by atoms with van der Waals surface area (Å²) < 4.78 is 0. The van der Waals surface area contributed by atoms with Gasteiger partial charge in [-0.1, -0.05) is 0 Å². The molecule has 2 heterocycles. The van der Waals surface area contributed by atoms with Crippen LogP contribution in [0.1, 0.15) is 26.7 Å². The smallest absolute Gasteiger partial charge is 0.226 e. The minimum Gasteiger partial charge on any atom is -0.371 e. The van der Waals surface area contributed by atoms with Crippen LogP contribution in [0.4, 0.5) is 5.69 Å². The summed E-state index contributed by atoms with van der Waals surface area (Å²) in [7, 11) is 1.69. The molecule has 0 aromatic carbocycles. The molecule has 2 N–H and O–H groups in total. The Morgan fingerprint density at radius 1 is 1.33 bits per heavy atom. The molecule has 1 fully saturated rings. The van der Waals surface area contributed by atoms with E-state index in [1.165, 1.54) is 5.69 Å². The maximum absolute atomic E-state index is 11.8. The van der Waals surface area contributed by atoms with Crippen molar-refractivity contribution in [1.82, 2.24) is 15.6 Å². The zero-order chi connectivity index (χ0) is 15.3. The molecule has 5 heteroatoms. The number of carbonyl (C=O) groups is 1. The van der Waals surface area contributed by atoms with Gasteiger partial charge in [0.25, 0.3) is 0 Å². The van der Waals surface area contributed by atoms with Gasteiger partial charge >= 0.3 is 0 Å². The first-order chi connectivity index (χ1) is 10.0. The van der Waals surface area contributed by atoms with E-state index >= 15 is 0 Å². The van der Waals surface area contributed by atoms with Crippen molar-refractivity contribution in [3.8, 4) is 0 Å². The summed E-state index contributed by atoms with van der Waals surface area (Å²) in [6.07, 6.45) is 5.88. The number of piperidine rings is 1. The lowest BCUT2D eigenvalue weighted by Crippen LogP contribution is -2.48. The Bertz CT molecular complexity index is 453. The predicted octanol–water partition coefficient (Wildman–Crippen LogP) is 1.41. The molecular formula is C16H26N4O. The third-order valence-corrected chi connectivity index (χ3v) is 4.20. The van der Waals surface area contributed by atoms with Crippen molar-refractivity contribution in [2.75, 3.05) is 31.6 Å². The number of rotatable bonds is 5. The topological polar surface area (TPSA) is 57.3 Å². The number of pyridine rings is 1. The Balaban J connectivity index is 1.78. The highest BCUT2D eigenvalue weighted by molar-refractivity contribution is 5.81. The molecule has 1 aliphatic rings. The summed E-state index contributed by atoms with van der Waals surface area (Å²) >= 11 is 0. The first kappa shape index (κ1) is 15.8. The Labute approximate surface area is 127 Å². The van der Waals surface area contributed by atoms with E-state index in [4.69, 9.17) is 0 Å². The molecule has 0 atom stereocenters. The van der Waals surface area contributed by atoms with Crippen LogP contribution >= 0.6 is 0 Å². The quantitative estimate of drug-likeness (QED) is 0.861. The van der Waals surface area contributed by atoms with Gasteiger partial charge in [-0.2, -0.15) is 0 Å². The van der Waals surface area contributed by atoms with E-state index < -0.39 is 0 Å². The summed E-state index contributed by atoms with van der Waals surface area (Å²) in [6.45, 7) is 6.76. The van der Waals surface area contributed by atoms with Gasteiger partial charge in [0.1, 0.15) is 0 Å². The molecule has 1 aliphatic heterocycles. The normalized spacial score (nSPS) is 16.8. The monoisotopic (exact) mass is 290 g/mol. The molecule has 1 saturated heterocycles. The summed E-state index contributed by atoms with van der Waals surface area (Å²) in [6, 6.07) is 4.61. The second-order valence-electron chi connectivity index (χ2n) is 6.31. The Hall–Kier alpha value is -1.62. The van der Waals surface area contributed by atoms with Crippen LogP contribution in [0.15, 0.2) is 24.5 Å². The van der Waals surface area contributed by atoms with E-state index in [-0.39, 0.29) is 11.3 Å². The molecule has 0 aliphatic carbocycles. The Morgan fingerprint density at radius 3 is 2.52 bits per heavy atom. The van der Waals surface area contributed by atoms with Gasteiger partial charge < -0.3 is 15.5 Å². The van der Waals surface area contributed by atoms with E-state index in [2.05, 4.69) is 32.7 Å². The minimum absolute atomic E-state index is 0.0872. The maximum atomic E-state index is 11.8. The van der Waals surface area contributed by atoms with Crippen molar-refractivity contribution in [3.05, 3.63) is 24.5 Å². The molecule has 1 amide bonds. The van der Waals surface area contributed by atoms with E-state index in [1.54, 1.807) is 7.05 Å². The third kappa shape index (κ3) is 4.17. The lowest BCUT2D eigenvalue weighted by atomic mass is 9.91. The van der Waals surface area contributed by atoms with Crippen molar-refractivity contribution in [1.29, 1.82) is 0 Å². The molecule has 0 saturated carbocycles. The number of hydrogen-bond donors (Lipinski definition) is 2. The highest BCUT2D eigenvalue weighted by atomic mass is 16.2. The van der Waals surface area contributed by atoms with Gasteiger partial charge in [0.05, 0.1) is 5.41 Å². The second-order valence-corrected chi connectivity index (χ2v) is 6.31. The van der Waals surface area contributed by atoms with Gasteiger partial charge in [-0.15, -0.1) is 0 Å². The molecule has 5 nitrogen and oxygen atoms in total. The van der Waals surface area contributed by atoms with Gasteiger partial charge in [0, 0.05) is 50.8 Å². The molecule has 21 heavy (non-hydrogen) atoms. The number of aromatic nitrogens is 1. The molecule has 0 unspecified atom stereocenters. The van der Waals surface area contributed by atoms with Gasteiger partial charge in [-0.05, 0) is 38.8 Å². The maximum Gasteiger partial charge on any atom is 0.226 e. The number of hydrogen-bond acceptors (Lipinski definition) is 4. The average Bonchev–Trinajstić information content (AvgIpc) is 2.53. The number of nitrogens with one attached hydrogen (secondary N) is 2. The zero-order valence-electron chi connectivity index (χ0n) is 13.2. The molecule has 0 spiro atoms. The Morgan fingerprint density at radius 2 is 1.95 bits per heavy atom. The van der Waals surface area contributed by atoms with Crippen molar-refractivity contribution in [3.63, 3.8) is 0 Å². The molecule has 2 rings (SSSR count). The summed E-state index contributed by atoms with van der Waals surface area (Å²) in [4.78, 5) is 18.2. The van der Waals surface area contributed by atoms with Gasteiger partial charge in [0.15, 0.2) is 0 Å². The number of amides is 1. The second kappa shape index (κ2) is 6.89. The van der Waals surface area contributed by atoms with E-state index in [0.717, 1.165) is 25.9 Å². The molecule has 0 bridgehead atoms. The van der Waals surface area contributed by atoms with Gasteiger partial charge in [-0.25, -0.2) is 0 Å². The lowest BCUT2D eigenvalue weighted by molar-refractivity contribution is -0.128. The average molecular weight is 290 g/mol. The molecule has 1 aromatic rings. The van der Waals surface area contributed by atoms with Crippen LogP contribution in [0.3, 0.4) is 0 Å². The number of anilines is 1. The minimum atomic E-state index is -0.364. The SMILES string of the molecule is CNC(=O)C(C)(C)CNC1CCN(c2ccncc2)CC1. The summed E-state index contributed by atoms with van der Waals surface area (Å²) in [5, 5.41) is 6.28. The standard InChI is InChI=1S/C16H26N4O/c1-16(2,15(21)17-3)12-19-13-6-10-20(11-7-13)14-4-8-18-9-5-14/h4-5,8-9,13,19H,6-7,10-12H2,1-3H3,(H,17,21). The fourth-order valence-electron chi connectivity index (χ4n) is 2.71. The first-order valence-electron chi connectivity index (χ1n) is 7.63. The summed E-state index contributed by atoms with van der Waals surface area (Å²) in [5.74, 6) is 0.0872. The number of nitrogens with zero attached hydrogens (tertiary/aromatic N) is 2. The summed E-state index contributed by atoms with van der Waals surface area (Å²) in [5.41, 5.74) is 0.880. The van der Waals surface area contributed by atoms with Crippen LogP contribution < -0.4 is 15.5 Å². The van der Waals surface area contributed by atoms with E-state index in [1.807, 2.05) is 26.2 Å². The van der Waals surface area contributed by atoms with Crippen LogP contribution in [0.25, 0.3) is 0 Å². The fraction of sp³-hybridized carbons (Fsp3) is 0.625. The first-order valence-corrected chi connectivity index (χ1v) is 7.63. The van der Waals surface area contributed by atoms with Crippen molar-refractivity contribution in [2.24, 2.45) is 5.41 Å². The largest absolute Gasteiger partial charge is 0.371 e. The fourth-order valence-corrected chi connectivity index (χ4v) is 2.71. The van der Waals surface area contributed by atoms with Crippen LogP contribution in [-0.2, 0) is 4.79 Å². The zero-order valence-corrected chi connectivity index (χ0v) is 13.2. The van der Waals surface area contributed by atoms with Crippen LogP contribution in [0, 0.1) is 5.41 Å². The molecule has 116 valence electrons.